The highest BCUT2D eigenvalue weighted by Gasteiger charge is 2.36. The van der Waals surface area contributed by atoms with Crippen LogP contribution in [0.15, 0.2) is 56.9 Å². The maximum Gasteiger partial charge on any atom is 0.304 e. The summed E-state index contributed by atoms with van der Waals surface area (Å²) < 4.78 is 69.9. The summed E-state index contributed by atoms with van der Waals surface area (Å²) in [5.41, 5.74) is 6.29. The fraction of sp³-hybridized carbons (Fsp3) is 0.316. The first-order valence-electron chi connectivity index (χ1n) is 18.2. The molecule has 0 fully saturated rings. The van der Waals surface area contributed by atoms with Crippen molar-refractivity contribution in [3.63, 3.8) is 0 Å². The van der Waals surface area contributed by atoms with Gasteiger partial charge < -0.3 is 10.2 Å². The molecule has 306 valence electrons. The summed E-state index contributed by atoms with van der Waals surface area (Å²) in [4.78, 5) is 1.28. The Morgan fingerprint density at radius 1 is 0.603 bits per heavy atom. The zero-order valence-electron chi connectivity index (χ0n) is 30.2. The molecule has 0 amide bonds. The molecule has 0 saturated heterocycles. The van der Waals surface area contributed by atoms with Crippen molar-refractivity contribution in [2.24, 2.45) is 0 Å². The number of unbranched alkanes of at least 4 members (excludes halogenated alkanes) is 5. The van der Waals surface area contributed by atoms with Gasteiger partial charge in [0, 0.05) is 34.0 Å². The lowest BCUT2D eigenvalue weighted by molar-refractivity contribution is 0.155. The Morgan fingerprint density at radius 2 is 0.983 bits per heavy atom. The minimum atomic E-state index is -4.40. The number of aliphatic hydroxyl groups excluding tert-OH is 2. The molecule has 4 aromatic heterocycles. The van der Waals surface area contributed by atoms with Crippen molar-refractivity contribution in [1.29, 1.82) is 0 Å². The molecular weight excluding hydrogens is 911 g/mol. The summed E-state index contributed by atoms with van der Waals surface area (Å²) in [6, 6.07) is 12.9. The Kier molecular flexibility index (Phi) is 11.7. The predicted octanol–water partition coefficient (Wildman–Crippen LogP) is 10.3. The Bertz CT molecular complexity index is 2620. The lowest BCUT2D eigenvalue weighted by atomic mass is 10.0. The van der Waals surface area contributed by atoms with Gasteiger partial charge in [0.25, 0.3) is 0 Å². The molecule has 2 atom stereocenters. The summed E-state index contributed by atoms with van der Waals surface area (Å²) in [5.74, 6) is 0. The zero-order valence-corrected chi connectivity index (χ0v) is 36.5. The lowest BCUT2D eigenvalue weighted by Crippen LogP contribution is -2.05. The second-order valence-corrected chi connectivity index (χ2v) is 21.4. The molecule has 0 aliphatic heterocycles. The van der Waals surface area contributed by atoms with Crippen LogP contribution in [0.4, 0.5) is 0 Å². The van der Waals surface area contributed by atoms with Crippen LogP contribution in [0.5, 0.6) is 0 Å². The van der Waals surface area contributed by atoms with Gasteiger partial charge in [0.05, 0.1) is 66.2 Å². The van der Waals surface area contributed by atoms with E-state index < -0.39 is 32.4 Å². The van der Waals surface area contributed by atoms with E-state index in [4.69, 9.17) is 56.6 Å². The molecular formula is C38H34Cl4N4O8S4. The second kappa shape index (κ2) is 16.2. The van der Waals surface area contributed by atoms with Crippen molar-refractivity contribution < 1.29 is 36.2 Å². The van der Waals surface area contributed by atoms with Gasteiger partial charge in [-0.1, -0.05) is 84.9 Å². The molecule has 20 heteroatoms. The first-order chi connectivity index (χ1) is 27.5. The number of aliphatic hydroxyl groups is 2. The number of thiophene rings is 2. The summed E-state index contributed by atoms with van der Waals surface area (Å²) in [5, 5.41) is 33.9. The standard InChI is InChI=1S/C38H34Cl4N4O8S4/c39-21-9-11-27(25(41)17-21)45-35-23(13-19-15-31(55-37(19)35)57(49,50)51)33(43-45)29(47)7-5-3-1-2-4-6-8-30(48)34-24-14-20-16-32(58(52,53)54)56-38(20)36(24)46(44-34)28-12-10-22(40)18-26(28)42/h9-12,15-18,29-30,47-48H,1-8,13-14H2,(H,49,50,51)(H,52,53,54). The molecule has 2 aliphatic rings. The normalized spacial score (nSPS) is 14.4. The number of aromatic nitrogens is 4. The largest absolute Gasteiger partial charge is 0.387 e. The smallest absolute Gasteiger partial charge is 0.304 e. The molecule has 2 aliphatic carbocycles. The van der Waals surface area contributed by atoms with E-state index in [1.807, 2.05) is 0 Å². The topological polar surface area (TPSA) is 185 Å². The van der Waals surface area contributed by atoms with Crippen LogP contribution >= 0.6 is 69.1 Å². The van der Waals surface area contributed by atoms with Gasteiger partial charge in [-0.25, -0.2) is 9.36 Å². The molecule has 0 radical (unpaired) electrons. The van der Waals surface area contributed by atoms with Crippen molar-refractivity contribution >= 4 is 89.3 Å². The van der Waals surface area contributed by atoms with Crippen LogP contribution in [0.1, 0.15) is 97.2 Å². The average molecular weight is 945 g/mol. The van der Waals surface area contributed by atoms with E-state index in [1.165, 1.54) is 12.1 Å². The molecule has 4 heterocycles. The van der Waals surface area contributed by atoms with E-state index in [9.17, 15) is 36.2 Å². The van der Waals surface area contributed by atoms with Crippen LogP contribution in [-0.2, 0) is 33.1 Å². The summed E-state index contributed by atoms with van der Waals surface area (Å²) in [6.45, 7) is 0. The maximum atomic E-state index is 11.9. The summed E-state index contributed by atoms with van der Waals surface area (Å²) >= 11 is 27.3. The number of benzene rings is 2. The lowest BCUT2D eigenvalue weighted by Gasteiger charge is -2.11. The van der Waals surface area contributed by atoms with Crippen LogP contribution < -0.4 is 0 Å². The molecule has 4 N–H and O–H groups in total. The maximum absolute atomic E-state index is 11.9. The van der Waals surface area contributed by atoms with Crippen LogP contribution in [0.3, 0.4) is 0 Å². The molecule has 0 saturated carbocycles. The van der Waals surface area contributed by atoms with E-state index in [-0.39, 0.29) is 8.42 Å². The minimum absolute atomic E-state index is 0.162. The van der Waals surface area contributed by atoms with E-state index in [2.05, 4.69) is 0 Å². The molecule has 2 unspecified atom stereocenters. The van der Waals surface area contributed by atoms with Gasteiger partial charge in [-0.2, -0.15) is 27.0 Å². The third-order valence-electron chi connectivity index (χ3n) is 10.4. The van der Waals surface area contributed by atoms with Crippen molar-refractivity contribution in [1.82, 2.24) is 19.6 Å². The Morgan fingerprint density at radius 3 is 1.34 bits per heavy atom. The summed E-state index contributed by atoms with van der Waals surface area (Å²) in [6.07, 6.45) is 4.91. The number of rotatable bonds is 15. The van der Waals surface area contributed by atoms with Crippen LogP contribution in [0.25, 0.3) is 32.5 Å². The van der Waals surface area contributed by atoms with Crippen molar-refractivity contribution in [2.45, 2.75) is 84.8 Å². The number of hydrogen-bond acceptors (Lipinski definition) is 10. The third-order valence-corrected chi connectivity index (χ3v) is 16.4. The van der Waals surface area contributed by atoms with E-state index in [0.717, 1.165) is 83.5 Å². The van der Waals surface area contributed by atoms with Crippen LogP contribution in [0, 0.1) is 0 Å². The van der Waals surface area contributed by atoms with Crippen molar-refractivity contribution in [3.05, 3.63) is 102 Å². The highest BCUT2D eigenvalue weighted by molar-refractivity contribution is 7.88. The third kappa shape index (κ3) is 8.04. The molecule has 0 spiro atoms. The number of nitrogens with zero attached hydrogens (tertiary/aromatic N) is 4. The average Bonchev–Trinajstić information content (AvgIpc) is 3.97. The Hall–Kier alpha value is -2.84. The molecule has 12 nitrogen and oxygen atoms in total. The quantitative estimate of drug-likeness (QED) is 0.0570. The fourth-order valence-electron chi connectivity index (χ4n) is 7.70. The van der Waals surface area contributed by atoms with Crippen molar-refractivity contribution in [2.75, 3.05) is 0 Å². The molecule has 0 bridgehead atoms. The van der Waals surface area contributed by atoms with E-state index >= 15 is 0 Å². The molecule has 6 aromatic rings. The molecule has 2 aromatic carbocycles. The first kappa shape index (κ1) is 41.9. The number of hydrogen-bond donors (Lipinski definition) is 4. The van der Waals surface area contributed by atoms with Crippen molar-refractivity contribution in [3.8, 4) is 32.5 Å². The first-order valence-corrected chi connectivity index (χ1v) is 24.2. The second-order valence-electron chi connectivity index (χ2n) is 14.3. The van der Waals surface area contributed by atoms with Crippen LogP contribution in [0.2, 0.25) is 20.1 Å². The Labute approximate surface area is 362 Å². The van der Waals surface area contributed by atoms with Crippen LogP contribution in [-0.4, -0.2) is 55.7 Å². The molecule has 58 heavy (non-hydrogen) atoms. The minimum Gasteiger partial charge on any atom is -0.387 e. The van der Waals surface area contributed by atoms with Gasteiger partial charge in [0.1, 0.15) is 8.42 Å². The fourth-order valence-corrected chi connectivity index (χ4v) is 12.5. The number of fused-ring (bicyclic) bond motifs is 6. The number of halogens is 4. The highest BCUT2D eigenvalue weighted by Crippen LogP contribution is 2.49. The summed E-state index contributed by atoms with van der Waals surface area (Å²) in [7, 11) is -8.80. The van der Waals surface area contributed by atoms with Gasteiger partial charge in [-0.15, -0.1) is 22.7 Å². The van der Waals surface area contributed by atoms with Gasteiger partial charge in [-0.3, -0.25) is 9.11 Å². The monoisotopic (exact) mass is 942 g/mol. The van der Waals surface area contributed by atoms with Gasteiger partial charge >= 0.3 is 20.2 Å². The molecule has 8 rings (SSSR count). The van der Waals surface area contributed by atoms with E-state index in [1.54, 1.807) is 45.8 Å². The predicted molar refractivity (Wildman–Crippen MR) is 226 cm³/mol. The SMILES string of the molecule is O=S(=O)(O)c1cc2c(s1)-c1c(c(C(O)CCCCCCCCC(O)c3nn(-c4ccc(Cl)cc4Cl)c4c3Cc3cc(S(=O)(=O)O)sc3-4)nn1-c1ccc(Cl)cc1Cl)C2. The zero-order chi connectivity index (χ0) is 41.3. The van der Waals surface area contributed by atoms with Gasteiger partial charge in [0.15, 0.2) is 0 Å². The highest BCUT2D eigenvalue weighted by atomic mass is 35.5. The van der Waals surface area contributed by atoms with Gasteiger partial charge in [-0.05, 0) is 72.5 Å². The van der Waals surface area contributed by atoms with Gasteiger partial charge in [0.2, 0.25) is 0 Å². The van der Waals surface area contributed by atoms with E-state index in [0.29, 0.717) is 89.7 Å². The Balaban J connectivity index is 0.885.